The Bertz CT molecular complexity index is 2740. The molecule has 2 aromatic rings. The van der Waals surface area contributed by atoms with Crippen LogP contribution in [-0.2, 0) is 53.2 Å². The molecule has 2 aromatic carbocycles. The average Bonchev–Trinajstić information content (AvgIpc) is 4.05. The predicted molar refractivity (Wildman–Crippen MR) is 307 cm³/mol. The van der Waals surface area contributed by atoms with Gasteiger partial charge in [-0.2, -0.15) is 4.72 Å². The summed E-state index contributed by atoms with van der Waals surface area (Å²) in [7, 11) is -0.654. The number of amides is 9. The van der Waals surface area contributed by atoms with Gasteiger partial charge in [0.2, 0.25) is 63.2 Å². The van der Waals surface area contributed by atoms with Gasteiger partial charge in [-0.25, -0.2) is 8.42 Å². The van der Waals surface area contributed by atoms with E-state index in [4.69, 9.17) is 40.1 Å². The number of rotatable bonds is 35. The molecular weight excluding hydrogens is 1090 g/mol. The van der Waals surface area contributed by atoms with E-state index in [-0.39, 0.29) is 93.9 Å². The highest BCUT2D eigenvalue weighted by atomic mass is 32.2. The molecule has 30 nitrogen and oxygen atoms in total. The molecule has 9 amide bonds. The summed E-state index contributed by atoms with van der Waals surface area (Å²) in [5.74, 6) is -8.98. The molecule has 1 aliphatic rings. The third kappa shape index (κ3) is 21.9. The van der Waals surface area contributed by atoms with Crippen LogP contribution in [-0.4, -0.2) is 179 Å². The van der Waals surface area contributed by atoms with E-state index in [2.05, 4.69) is 46.6 Å². The number of aliphatic hydroxyl groups excluding tert-OH is 1. The summed E-state index contributed by atoms with van der Waals surface area (Å²) in [5.41, 5.74) is 38.9. The van der Waals surface area contributed by atoms with Crippen molar-refractivity contribution in [2.45, 2.75) is 145 Å². The van der Waals surface area contributed by atoms with Gasteiger partial charge in [-0.3, -0.25) is 53.1 Å². The fraction of sp³-hybridized carbons (Fsp3) is 0.588. The molecule has 31 heteroatoms. The maximum Gasteiger partial charge on any atom is 0.245 e. The smallest absolute Gasteiger partial charge is 0.245 e. The largest absolute Gasteiger partial charge is 0.391 e. The first-order valence-electron chi connectivity index (χ1n) is 26.9. The van der Waals surface area contributed by atoms with E-state index in [1.54, 1.807) is 24.3 Å². The first kappa shape index (κ1) is 68.4. The minimum Gasteiger partial charge on any atom is -0.391 e. The lowest BCUT2D eigenvalue weighted by Crippen LogP contribution is -2.60. The Kier molecular flexibility index (Phi) is 27.6. The predicted octanol–water partition coefficient (Wildman–Crippen LogP) is -4.89. The number of aliphatic imine (C=N–C) groups is 2. The lowest BCUT2D eigenvalue weighted by molar-refractivity contribution is -0.141. The lowest BCUT2D eigenvalue weighted by atomic mass is 10.0. The first-order chi connectivity index (χ1) is 38.6. The molecule has 22 N–H and O–H groups in total. The molecule has 456 valence electrons. The van der Waals surface area contributed by atoms with Gasteiger partial charge in [-0.15, -0.1) is 0 Å². The van der Waals surface area contributed by atoms with Gasteiger partial charge < -0.3 is 86.9 Å². The Balaban J connectivity index is 1.77. The maximum atomic E-state index is 14.4. The average molecular weight is 1170 g/mol. The van der Waals surface area contributed by atoms with Crippen LogP contribution < -0.4 is 81.7 Å². The number of hydrogen-bond donors (Lipinski definition) is 15. The van der Waals surface area contributed by atoms with Crippen LogP contribution >= 0.6 is 0 Å². The number of sulfonamides is 1. The molecule has 0 aliphatic carbocycles. The van der Waals surface area contributed by atoms with Gasteiger partial charge >= 0.3 is 0 Å². The molecule has 0 spiro atoms. The highest BCUT2D eigenvalue weighted by Crippen LogP contribution is 2.31. The molecule has 0 saturated carbocycles. The van der Waals surface area contributed by atoms with Gasteiger partial charge in [-0.05, 0) is 95.7 Å². The van der Waals surface area contributed by atoms with Gasteiger partial charge in [-0.1, -0.05) is 38.1 Å². The molecule has 0 bridgehead atoms. The zero-order valence-corrected chi connectivity index (χ0v) is 48.0. The summed E-state index contributed by atoms with van der Waals surface area (Å²) in [5, 5.41) is 26.4. The van der Waals surface area contributed by atoms with Crippen LogP contribution in [0.15, 0.2) is 51.3 Å². The van der Waals surface area contributed by atoms with Crippen LogP contribution in [0.25, 0.3) is 10.8 Å². The number of anilines is 1. The lowest BCUT2D eigenvalue weighted by Gasteiger charge is -2.31. The van der Waals surface area contributed by atoms with Crippen molar-refractivity contribution in [3.05, 3.63) is 36.4 Å². The fourth-order valence-corrected chi connectivity index (χ4v) is 10.5. The Morgan fingerprint density at radius 2 is 1.26 bits per heavy atom. The van der Waals surface area contributed by atoms with Crippen molar-refractivity contribution >= 4 is 91.6 Å². The van der Waals surface area contributed by atoms with Crippen LogP contribution in [0.1, 0.15) is 91.4 Å². The van der Waals surface area contributed by atoms with Crippen molar-refractivity contribution in [2.75, 3.05) is 51.7 Å². The number of guanidine groups is 2. The van der Waals surface area contributed by atoms with E-state index < -0.39 is 125 Å². The second kappa shape index (κ2) is 33.1. The van der Waals surface area contributed by atoms with Crippen LogP contribution in [0, 0.1) is 5.92 Å². The summed E-state index contributed by atoms with van der Waals surface area (Å²) < 4.78 is 31.0. The number of benzene rings is 2. The summed E-state index contributed by atoms with van der Waals surface area (Å²) in [6, 6.07) is 0.299. The fourth-order valence-electron chi connectivity index (χ4n) is 9.04. The number of primary amides is 2. The molecule has 3 rings (SSSR count). The van der Waals surface area contributed by atoms with Crippen LogP contribution in [0.2, 0.25) is 0 Å². The van der Waals surface area contributed by atoms with Crippen molar-refractivity contribution in [3.63, 3.8) is 0 Å². The summed E-state index contributed by atoms with van der Waals surface area (Å²) in [6.07, 6.45) is -0.793. The van der Waals surface area contributed by atoms with E-state index in [0.29, 0.717) is 30.0 Å². The Morgan fingerprint density at radius 3 is 1.83 bits per heavy atom. The SMILES string of the molecule is CC(C)C[C@H](NS(=O)(=O)c1cccc2c(N(C)C)cccc12)C(=O)N1CCC[C@H]1C(=O)N[C@@H](CCCCN)C(=O)N[C@H](C(=O)NCC(=O)N[C@@H](CC(N)=O)C(=O)N[C@@H](CCCN=C(N)N)C(=O)N[C@@H](CCCN=C(N)N)C(N)=O)[C@@H](C)O. The molecule has 8 atom stereocenters. The number of nitrogens with one attached hydrogen (secondary N) is 7. The number of aliphatic hydroxyl groups is 1. The number of carbonyl (C=O) groups excluding carboxylic acids is 9. The zero-order chi connectivity index (χ0) is 61.4. The quantitative estimate of drug-likeness (QED) is 0.0175. The highest BCUT2D eigenvalue weighted by molar-refractivity contribution is 7.89. The normalized spacial score (nSPS) is 15.8. The van der Waals surface area contributed by atoms with E-state index in [9.17, 15) is 56.7 Å². The number of hydrogen-bond acceptors (Lipinski definition) is 16. The second-order valence-corrected chi connectivity index (χ2v) is 22.2. The molecule has 0 unspecified atom stereocenters. The van der Waals surface area contributed by atoms with Gasteiger partial charge in [0.05, 0.1) is 24.0 Å². The standard InChI is InChI=1S/C51H84N18O12S/c1-28(2)25-36(67-82(80,81)39-20-9-13-30-31(39)14-8-18-37(30)68(4)5)49(79)69-24-12-19-38(69)47(77)65-33(15-6-7-21-52)45(75)66-42(29(3)70)48(78)61-27-41(72)62-35(26-40(53)71)46(76)64-34(17-11-23-60-51(57)58)44(74)63-32(43(54)73)16-10-22-59-50(55)56/h8-9,13-14,18,20,28-29,32-36,38,42,67,70H,6-7,10-12,15-17,19,21-27,52H2,1-5H3,(H2,53,71)(H2,54,73)(H,61,78)(H,62,72)(H,63,74)(H,64,76)(H,65,77)(H,66,75)(H4,55,56,59)(H4,57,58,60)/t29-,32+,33+,34+,35+,36+,38+,42+/m1/s1. The Hall–Kier alpha value is -7.90. The number of nitrogens with zero attached hydrogens (tertiary/aromatic N) is 4. The second-order valence-electron chi connectivity index (χ2n) is 20.5. The first-order valence-corrected chi connectivity index (χ1v) is 28.4. The number of likely N-dealkylation sites (tertiary alicyclic amines) is 1. The summed E-state index contributed by atoms with van der Waals surface area (Å²) in [4.78, 5) is 132. The van der Waals surface area contributed by atoms with E-state index >= 15 is 0 Å². The maximum absolute atomic E-state index is 14.4. The van der Waals surface area contributed by atoms with Crippen molar-refractivity contribution in [2.24, 2.45) is 56.0 Å². The van der Waals surface area contributed by atoms with Crippen LogP contribution in [0.3, 0.4) is 0 Å². The molecule has 1 saturated heterocycles. The topological polar surface area (TPSA) is 506 Å². The molecule has 82 heavy (non-hydrogen) atoms. The van der Waals surface area contributed by atoms with Crippen molar-refractivity contribution < 1.29 is 56.7 Å². The van der Waals surface area contributed by atoms with Crippen molar-refractivity contribution in [1.29, 1.82) is 0 Å². The Morgan fingerprint density at radius 1 is 0.695 bits per heavy atom. The minimum absolute atomic E-state index is 0.00312. The van der Waals surface area contributed by atoms with Gasteiger partial charge in [0.15, 0.2) is 11.9 Å². The number of unbranched alkanes of at least 4 members (excludes halogenated alkanes) is 1. The monoisotopic (exact) mass is 1170 g/mol. The highest BCUT2D eigenvalue weighted by Gasteiger charge is 2.41. The van der Waals surface area contributed by atoms with E-state index in [0.717, 1.165) is 5.69 Å². The summed E-state index contributed by atoms with van der Waals surface area (Å²) >= 11 is 0. The third-order valence-corrected chi connectivity index (χ3v) is 14.6. The summed E-state index contributed by atoms with van der Waals surface area (Å²) in [6.45, 7) is 4.39. The number of nitrogens with two attached hydrogens (primary N) is 7. The Labute approximate surface area is 477 Å². The van der Waals surface area contributed by atoms with Crippen molar-refractivity contribution in [3.8, 4) is 0 Å². The van der Waals surface area contributed by atoms with Gasteiger partial charge in [0, 0.05) is 50.2 Å². The molecule has 0 radical (unpaired) electrons. The minimum atomic E-state index is -4.33. The molecule has 1 heterocycles. The third-order valence-electron chi connectivity index (χ3n) is 13.1. The van der Waals surface area contributed by atoms with E-state index in [1.807, 2.05) is 38.9 Å². The van der Waals surface area contributed by atoms with Crippen LogP contribution in [0.5, 0.6) is 0 Å². The molecule has 0 aromatic heterocycles. The van der Waals surface area contributed by atoms with Crippen molar-refractivity contribution in [1.82, 2.24) is 41.5 Å². The zero-order valence-electron chi connectivity index (χ0n) is 47.2. The molecule has 1 aliphatic heterocycles. The van der Waals surface area contributed by atoms with Gasteiger partial charge in [0.25, 0.3) is 0 Å². The number of carbonyl (C=O) groups is 9. The van der Waals surface area contributed by atoms with Gasteiger partial charge in [0.1, 0.15) is 42.3 Å². The molecular formula is C51H84N18O12S. The number of fused-ring (bicyclic) bond motifs is 1. The van der Waals surface area contributed by atoms with Crippen LogP contribution in [0.4, 0.5) is 5.69 Å². The van der Waals surface area contributed by atoms with E-state index in [1.165, 1.54) is 17.9 Å². The molecule has 1 fully saturated rings.